The van der Waals surface area contributed by atoms with Gasteiger partial charge in [0.05, 0.1) is 5.75 Å². The highest BCUT2D eigenvalue weighted by atomic mass is 32.2. The van der Waals surface area contributed by atoms with E-state index in [9.17, 15) is 13.2 Å². The van der Waals surface area contributed by atoms with Crippen LogP contribution in [0.5, 0.6) is 0 Å². The zero-order valence-corrected chi connectivity index (χ0v) is 19.8. The van der Waals surface area contributed by atoms with E-state index >= 15 is 0 Å². The lowest BCUT2D eigenvalue weighted by atomic mass is 10.0. The van der Waals surface area contributed by atoms with Crippen LogP contribution >= 0.6 is 11.3 Å². The molecule has 1 aromatic carbocycles. The largest absolute Gasteiger partial charge is 0.348 e. The third-order valence-corrected chi connectivity index (χ3v) is 7.28. The van der Waals surface area contributed by atoms with Crippen molar-refractivity contribution in [2.24, 2.45) is 5.92 Å². The monoisotopic (exact) mass is 459 g/mol. The number of hydrogen-bond donors (Lipinski definition) is 2. The van der Waals surface area contributed by atoms with E-state index in [1.54, 1.807) is 12.4 Å². The van der Waals surface area contributed by atoms with E-state index in [1.165, 1.54) is 11.3 Å². The maximum absolute atomic E-state index is 12.9. The molecule has 0 atom stereocenters. The minimum Gasteiger partial charge on any atom is -0.348 e. The van der Waals surface area contributed by atoms with Gasteiger partial charge in [0.2, 0.25) is 10.0 Å². The van der Waals surface area contributed by atoms with Crippen molar-refractivity contribution in [3.63, 3.8) is 0 Å². The van der Waals surface area contributed by atoms with Gasteiger partial charge in [-0.25, -0.2) is 18.1 Å². The molecule has 31 heavy (non-hydrogen) atoms. The van der Waals surface area contributed by atoms with Crippen molar-refractivity contribution < 1.29 is 13.2 Å². The quantitative estimate of drug-likeness (QED) is 0.456. The summed E-state index contributed by atoms with van der Waals surface area (Å²) in [6, 6.07) is 9.98. The van der Waals surface area contributed by atoms with E-state index in [-0.39, 0.29) is 5.75 Å². The van der Waals surface area contributed by atoms with E-state index in [1.807, 2.05) is 37.3 Å². The van der Waals surface area contributed by atoms with Gasteiger partial charge in [-0.2, -0.15) is 0 Å². The molecule has 0 saturated carbocycles. The highest BCUT2D eigenvalue weighted by Gasteiger charge is 2.22. The van der Waals surface area contributed by atoms with E-state index in [0.717, 1.165) is 40.2 Å². The molecule has 1 amide bonds. The maximum atomic E-state index is 12.9. The molecular formula is C23H29N3O3S2. The van der Waals surface area contributed by atoms with Gasteiger partial charge in [-0.15, -0.1) is 11.3 Å². The lowest BCUT2D eigenvalue weighted by Gasteiger charge is -2.08. The molecule has 0 fully saturated rings. The van der Waals surface area contributed by atoms with Crippen molar-refractivity contribution in [2.75, 3.05) is 5.75 Å². The standard InChI is InChI=1S/C23H29N3O3S2/c1-4-5-12-31(28,29)26-23(27)22-20(15-19(30-22)13-16(2)3)18-8-6-17(7-9-18)14-21-24-10-11-25-21/h6-11,15-16H,4-5,12-14H2,1-3H3,(H,24,25)(H,26,27). The third-order valence-electron chi connectivity index (χ3n) is 4.80. The molecule has 0 aliphatic heterocycles. The number of unbranched alkanes of at least 4 members (excludes halogenated alkanes) is 1. The van der Waals surface area contributed by atoms with Crippen LogP contribution in [0.25, 0.3) is 11.1 Å². The number of thiophene rings is 1. The molecule has 2 N–H and O–H groups in total. The van der Waals surface area contributed by atoms with Crippen LogP contribution in [0, 0.1) is 5.92 Å². The molecule has 0 unspecified atom stereocenters. The lowest BCUT2D eigenvalue weighted by Crippen LogP contribution is -2.32. The van der Waals surface area contributed by atoms with Crippen LogP contribution in [0.1, 0.15) is 59.5 Å². The highest BCUT2D eigenvalue weighted by molar-refractivity contribution is 7.90. The number of benzene rings is 1. The normalized spacial score (nSPS) is 11.7. The van der Waals surface area contributed by atoms with Crippen LogP contribution in [-0.4, -0.2) is 30.0 Å². The average molecular weight is 460 g/mol. The minimum atomic E-state index is -3.64. The summed E-state index contributed by atoms with van der Waals surface area (Å²) in [5.41, 5.74) is 2.77. The Morgan fingerprint density at radius 3 is 2.58 bits per heavy atom. The van der Waals surface area contributed by atoms with Crippen LogP contribution < -0.4 is 4.72 Å². The maximum Gasteiger partial charge on any atom is 0.275 e. The number of carbonyl (C=O) groups excluding carboxylic acids is 1. The molecule has 166 valence electrons. The molecule has 2 aromatic heterocycles. The number of H-pyrrole nitrogens is 1. The average Bonchev–Trinajstić information content (AvgIpc) is 3.36. The van der Waals surface area contributed by atoms with Crippen LogP contribution in [0.4, 0.5) is 0 Å². The van der Waals surface area contributed by atoms with Crippen LogP contribution in [0.3, 0.4) is 0 Å². The zero-order valence-electron chi connectivity index (χ0n) is 18.1. The van der Waals surface area contributed by atoms with E-state index in [4.69, 9.17) is 0 Å². The predicted octanol–water partition coefficient (Wildman–Crippen LogP) is 4.79. The molecule has 3 rings (SSSR count). The fourth-order valence-corrected chi connectivity index (χ4v) is 5.80. The highest BCUT2D eigenvalue weighted by Crippen LogP contribution is 2.33. The SMILES string of the molecule is CCCCS(=O)(=O)NC(=O)c1sc(CC(C)C)cc1-c1ccc(Cc2ncc[nH]2)cc1. The van der Waals surface area contributed by atoms with Crippen molar-refractivity contribution in [1.29, 1.82) is 0 Å². The number of imidazole rings is 1. The van der Waals surface area contributed by atoms with Gasteiger partial charge in [0.15, 0.2) is 0 Å². The topological polar surface area (TPSA) is 91.9 Å². The second-order valence-corrected chi connectivity index (χ2v) is 11.0. The van der Waals surface area contributed by atoms with Gasteiger partial charge in [-0.05, 0) is 36.0 Å². The van der Waals surface area contributed by atoms with Crippen molar-refractivity contribution in [3.05, 3.63) is 63.9 Å². The Hall–Kier alpha value is -2.45. The Labute approximate surface area is 188 Å². The summed E-state index contributed by atoms with van der Waals surface area (Å²) in [4.78, 5) is 21.8. The number of hydrogen-bond acceptors (Lipinski definition) is 5. The molecule has 0 saturated heterocycles. The lowest BCUT2D eigenvalue weighted by molar-refractivity contribution is 0.0986. The first kappa shape index (κ1) is 23.2. The Morgan fingerprint density at radius 1 is 1.23 bits per heavy atom. The van der Waals surface area contributed by atoms with Crippen molar-refractivity contribution in [3.8, 4) is 11.1 Å². The first-order chi connectivity index (χ1) is 14.8. The third kappa shape index (κ3) is 6.51. The van der Waals surface area contributed by atoms with Gasteiger partial charge in [-0.1, -0.05) is 51.5 Å². The number of aromatic amines is 1. The Morgan fingerprint density at radius 2 is 1.97 bits per heavy atom. The molecule has 0 aliphatic carbocycles. The number of nitrogens with zero attached hydrogens (tertiary/aromatic N) is 1. The summed E-state index contributed by atoms with van der Waals surface area (Å²) in [7, 11) is -3.64. The molecule has 6 nitrogen and oxygen atoms in total. The summed E-state index contributed by atoms with van der Waals surface area (Å²) in [6.45, 7) is 6.16. The van der Waals surface area contributed by atoms with Crippen LogP contribution in [0.15, 0.2) is 42.7 Å². The molecule has 0 spiro atoms. The summed E-state index contributed by atoms with van der Waals surface area (Å²) in [5, 5.41) is 0. The molecule has 0 radical (unpaired) electrons. The molecule has 8 heteroatoms. The van der Waals surface area contributed by atoms with Gasteiger partial charge in [0.1, 0.15) is 10.7 Å². The van der Waals surface area contributed by atoms with Crippen LogP contribution in [-0.2, 0) is 22.9 Å². The summed E-state index contributed by atoms with van der Waals surface area (Å²) < 4.78 is 26.8. The Kier molecular flexibility index (Phi) is 7.67. The molecule has 2 heterocycles. The minimum absolute atomic E-state index is 0.0454. The number of carbonyl (C=O) groups is 1. The summed E-state index contributed by atoms with van der Waals surface area (Å²) in [5.74, 6) is 0.730. The molecule has 0 aliphatic rings. The van der Waals surface area contributed by atoms with Gasteiger partial charge in [-0.3, -0.25) is 4.79 Å². The number of nitrogens with one attached hydrogen (secondary N) is 2. The number of amides is 1. The Balaban J connectivity index is 1.87. The van der Waals surface area contributed by atoms with E-state index in [0.29, 0.717) is 23.6 Å². The van der Waals surface area contributed by atoms with Crippen molar-refractivity contribution in [2.45, 2.75) is 46.5 Å². The van der Waals surface area contributed by atoms with E-state index < -0.39 is 15.9 Å². The second-order valence-electron chi connectivity index (χ2n) is 8.07. The number of aromatic nitrogens is 2. The first-order valence-electron chi connectivity index (χ1n) is 10.5. The summed E-state index contributed by atoms with van der Waals surface area (Å²) in [6.07, 6.45) is 6.33. The number of rotatable bonds is 10. The fourth-order valence-electron chi connectivity index (χ4n) is 3.29. The van der Waals surface area contributed by atoms with Gasteiger partial charge in [0, 0.05) is 29.3 Å². The molecule has 3 aromatic rings. The van der Waals surface area contributed by atoms with Crippen molar-refractivity contribution in [1.82, 2.24) is 14.7 Å². The number of sulfonamides is 1. The summed E-state index contributed by atoms with van der Waals surface area (Å²) >= 11 is 1.37. The van der Waals surface area contributed by atoms with Gasteiger partial charge < -0.3 is 4.98 Å². The second kappa shape index (κ2) is 10.2. The van der Waals surface area contributed by atoms with Crippen LogP contribution in [0.2, 0.25) is 0 Å². The van der Waals surface area contributed by atoms with Crippen molar-refractivity contribution >= 4 is 27.3 Å². The smallest absolute Gasteiger partial charge is 0.275 e. The fraction of sp³-hybridized carbons (Fsp3) is 0.391. The zero-order chi connectivity index (χ0) is 22.4. The van der Waals surface area contributed by atoms with Gasteiger partial charge in [0.25, 0.3) is 5.91 Å². The first-order valence-corrected chi connectivity index (χ1v) is 13.0. The van der Waals surface area contributed by atoms with E-state index in [2.05, 4.69) is 28.5 Å². The molecular weight excluding hydrogens is 430 g/mol. The van der Waals surface area contributed by atoms with Gasteiger partial charge >= 0.3 is 0 Å². The Bertz CT molecular complexity index is 1100. The predicted molar refractivity (Wildman–Crippen MR) is 126 cm³/mol. The molecule has 0 bridgehead atoms.